The van der Waals surface area contributed by atoms with E-state index in [-0.39, 0.29) is 11.5 Å². The van der Waals surface area contributed by atoms with Gasteiger partial charge < -0.3 is 10.7 Å². The molecule has 0 spiro atoms. The molecule has 1 unspecified atom stereocenters. The lowest BCUT2D eigenvalue weighted by Crippen LogP contribution is -2.31. The Balaban J connectivity index is 2.23. The van der Waals surface area contributed by atoms with Crippen LogP contribution in [0.5, 0.6) is 0 Å². The summed E-state index contributed by atoms with van der Waals surface area (Å²) < 4.78 is 0. The third kappa shape index (κ3) is 1.15. The molecule has 0 aliphatic heterocycles. The van der Waals surface area contributed by atoms with Crippen LogP contribution >= 0.6 is 0 Å². The van der Waals surface area contributed by atoms with E-state index in [9.17, 15) is 0 Å². The van der Waals surface area contributed by atoms with Gasteiger partial charge in [0.15, 0.2) is 0 Å². The van der Waals surface area contributed by atoms with Crippen molar-refractivity contribution in [1.82, 2.24) is 4.98 Å². The molecule has 1 heterocycles. The maximum absolute atomic E-state index is 6.11. The summed E-state index contributed by atoms with van der Waals surface area (Å²) in [6.07, 6.45) is 4.46. The zero-order chi connectivity index (χ0) is 10.5. The quantitative estimate of drug-likeness (QED) is 0.768. The highest BCUT2D eigenvalue weighted by Crippen LogP contribution is 2.51. The SMILES string of the molecule is CC(N)C1(c2cccc3cc[nH]c23)CC1. The highest BCUT2D eigenvalue weighted by Gasteiger charge is 2.48. The zero-order valence-corrected chi connectivity index (χ0v) is 8.96. The third-order valence-corrected chi connectivity index (χ3v) is 3.78. The Kier molecular flexibility index (Phi) is 1.71. The van der Waals surface area contributed by atoms with Crippen LogP contribution in [-0.4, -0.2) is 11.0 Å². The lowest BCUT2D eigenvalue weighted by atomic mass is 9.88. The fraction of sp³-hybridized carbons (Fsp3) is 0.385. The Morgan fingerprint density at radius 2 is 2.13 bits per heavy atom. The molecule has 1 aromatic carbocycles. The summed E-state index contributed by atoms with van der Waals surface area (Å²) in [6.45, 7) is 2.12. The van der Waals surface area contributed by atoms with Crippen LogP contribution in [0.25, 0.3) is 10.9 Å². The lowest BCUT2D eigenvalue weighted by Gasteiger charge is -2.20. The van der Waals surface area contributed by atoms with Crippen LogP contribution in [0.3, 0.4) is 0 Å². The topological polar surface area (TPSA) is 41.8 Å². The Bertz CT molecular complexity index is 492. The second kappa shape index (κ2) is 2.86. The summed E-state index contributed by atoms with van der Waals surface area (Å²) in [5, 5.41) is 1.29. The smallest absolute Gasteiger partial charge is 0.0492 e. The summed E-state index contributed by atoms with van der Waals surface area (Å²) in [4.78, 5) is 3.33. The number of para-hydroxylation sites is 1. The van der Waals surface area contributed by atoms with Crippen molar-refractivity contribution in [3.8, 4) is 0 Å². The summed E-state index contributed by atoms with van der Waals surface area (Å²) in [5.41, 5.74) is 9.02. The molecule has 3 N–H and O–H groups in total. The molecule has 2 nitrogen and oxygen atoms in total. The number of rotatable bonds is 2. The van der Waals surface area contributed by atoms with Crippen molar-refractivity contribution in [2.45, 2.75) is 31.2 Å². The van der Waals surface area contributed by atoms with Gasteiger partial charge in [-0.1, -0.05) is 18.2 Å². The highest BCUT2D eigenvalue weighted by atomic mass is 14.8. The predicted molar refractivity (Wildman–Crippen MR) is 62.9 cm³/mol. The Morgan fingerprint density at radius 1 is 1.33 bits per heavy atom. The standard InChI is InChI=1S/C13H16N2/c1-9(14)13(6-7-13)11-4-2-3-10-5-8-15-12(10)11/h2-5,8-9,15H,6-7,14H2,1H3. The molecular weight excluding hydrogens is 184 g/mol. The predicted octanol–water partition coefficient (Wildman–Crippen LogP) is 2.55. The molecule has 15 heavy (non-hydrogen) atoms. The van der Waals surface area contributed by atoms with E-state index >= 15 is 0 Å². The molecule has 0 saturated heterocycles. The van der Waals surface area contributed by atoms with Crippen molar-refractivity contribution in [3.63, 3.8) is 0 Å². The van der Waals surface area contributed by atoms with Crippen LogP contribution in [-0.2, 0) is 5.41 Å². The van der Waals surface area contributed by atoms with Crippen molar-refractivity contribution in [2.75, 3.05) is 0 Å². The molecule has 2 heteroatoms. The molecule has 78 valence electrons. The van der Waals surface area contributed by atoms with Crippen LogP contribution in [0.2, 0.25) is 0 Å². The maximum Gasteiger partial charge on any atom is 0.0492 e. The van der Waals surface area contributed by atoms with Gasteiger partial charge in [-0.2, -0.15) is 0 Å². The first-order valence-corrected chi connectivity index (χ1v) is 5.56. The molecule has 1 aliphatic carbocycles. The molecule has 1 aromatic heterocycles. The number of hydrogen-bond donors (Lipinski definition) is 2. The molecule has 1 atom stereocenters. The molecule has 1 aliphatic rings. The molecule has 0 amide bonds. The number of nitrogens with two attached hydrogens (primary N) is 1. The average molecular weight is 200 g/mol. The van der Waals surface area contributed by atoms with E-state index in [4.69, 9.17) is 5.73 Å². The van der Waals surface area contributed by atoms with Gasteiger partial charge in [-0.15, -0.1) is 0 Å². The van der Waals surface area contributed by atoms with Gasteiger partial charge in [0.05, 0.1) is 0 Å². The molecule has 1 saturated carbocycles. The van der Waals surface area contributed by atoms with E-state index in [0.717, 1.165) is 0 Å². The van der Waals surface area contributed by atoms with Gasteiger partial charge >= 0.3 is 0 Å². The van der Waals surface area contributed by atoms with Crippen LogP contribution in [0.15, 0.2) is 30.5 Å². The Labute approximate surface area is 89.5 Å². The summed E-state index contributed by atoms with van der Waals surface area (Å²) >= 11 is 0. The number of H-pyrrole nitrogens is 1. The van der Waals surface area contributed by atoms with Crippen molar-refractivity contribution in [1.29, 1.82) is 0 Å². The number of aromatic nitrogens is 1. The Morgan fingerprint density at radius 3 is 2.80 bits per heavy atom. The third-order valence-electron chi connectivity index (χ3n) is 3.78. The van der Waals surface area contributed by atoms with E-state index in [1.54, 1.807) is 0 Å². The molecule has 0 bridgehead atoms. The normalized spacial score (nSPS) is 20.4. The zero-order valence-electron chi connectivity index (χ0n) is 8.96. The summed E-state index contributed by atoms with van der Waals surface area (Å²) in [5.74, 6) is 0. The van der Waals surface area contributed by atoms with Crippen molar-refractivity contribution in [2.24, 2.45) is 5.73 Å². The van der Waals surface area contributed by atoms with Crippen LogP contribution in [0.4, 0.5) is 0 Å². The van der Waals surface area contributed by atoms with Gasteiger partial charge in [0.2, 0.25) is 0 Å². The van der Waals surface area contributed by atoms with Crippen LogP contribution in [0.1, 0.15) is 25.3 Å². The maximum atomic E-state index is 6.11. The fourth-order valence-corrected chi connectivity index (χ4v) is 2.60. The van der Waals surface area contributed by atoms with Gasteiger partial charge in [0.25, 0.3) is 0 Å². The Hall–Kier alpha value is -1.28. The van der Waals surface area contributed by atoms with Crippen LogP contribution in [0, 0.1) is 0 Å². The molecule has 1 fully saturated rings. The van der Waals surface area contributed by atoms with Crippen molar-refractivity contribution in [3.05, 3.63) is 36.0 Å². The number of hydrogen-bond acceptors (Lipinski definition) is 1. The average Bonchev–Trinajstić information content (AvgIpc) is 2.89. The van der Waals surface area contributed by atoms with Crippen molar-refractivity contribution >= 4 is 10.9 Å². The first kappa shape index (κ1) is 8.98. The van der Waals surface area contributed by atoms with Gasteiger partial charge in [-0.25, -0.2) is 0 Å². The lowest BCUT2D eigenvalue weighted by molar-refractivity contribution is 0.560. The molecular formula is C13H16N2. The summed E-state index contributed by atoms with van der Waals surface area (Å²) in [6, 6.07) is 8.86. The molecule has 3 rings (SSSR count). The first-order valence-electron chi connectivity index (χ1n) is 5.56. The van der Waals surface area contributed by atoms with Gasteiger partial charge in [-0.05, 0) is 36.8 Å². The number of aromatic amines is 1. The van der Waals surface area contributed by atoms with E-state index in [1.807, 2.05) is 6.20 Å². The monoisotopic (exact) mass is 200 g/mol. The summed E-state index contributed by atoms with van der Waals surface area (Å²) in [7, 11) is 0. The van der Waals surface area contributed by atoms with Gasteiger partial charge in [0.1, 0.15) is 0 Å². The molecule has 0 radical (unpaired) electrons. The second-order valence-corrected chi connectivity index (χ2v) is 4.69. The van der Waals surface area contributed by atoms with Gasteiger partial charge in [0, 0.05) is 23.2 Å². The number of benzene rings is 1. The first-order chi connectivity index (χ1) is 7.24. The second-order valence-electron chi connectivity index (χ2n) is 4.69. The fourth-order valence-electron chi connectivity index (χ4n) is 2.60. The minimum atomic E-state index is 0.240. The highest BCUT2D eigenvalue weighted by molar-refractivity contribution is 5.84. The minimum Gasteiger partial charge on any atom is -0.361 e. The number of fused-ring (bicyclic) bond motifs is 1. The molecule has 2 aromatic rings. The van der Waals surface area contributed by atoms with Crippen LogP contribution < -0.4 is 5.73 Å². The number of nitrogens with one attached hydrogen (secondary N) is 1. The van der Waals surface area contributed by atoms with E-state index < -0.39 is 0 Å². The van der Waals surface area contributed by atoms with Crippen molar-refractivity contribution < 1.29 is 0 Å². The minimum absolute atomic E-state index is 0.240. The van der Waals surface area contributed by atoms with E-state index in [2.05, 4.69) is 36.2 Å². The van der Waals surface area contributed by atoms with E-state index in [0.29, 0.717) is 0 Å². The van der Waals surface area contributed by atoms with Gasteiger partial charge in [-0.3, -0.25) is 0 Å². The largest absolute Gasteiger partial charge is 0.361 e. The van der Waals surface area contributed by atoms with E-state index in [1.165, 1.54) is 29.3 Å².